The van der Waals surface area contributed by atoms with E-state index in [9.17, 15) is 24.6 Å². The highest BCUT2D eigenvalue weighted by atomic mass is 16.7. The quantitative estimate of drug-likeness (QED) is 0.498. The van der Waals surface area contributed by atoms with Crippen LogP contribution in [0.1, 0.15) is 48.4 Å². The second-order valence-corrected chi connectivity index (χ2v) is 7.65. The number of Topliss-reactive ketones (excluding diaryl/α,β-unsaturated/α-hetero) is 2. The molecule has 0 bridgehead atoms. The van der Waals surface area contributed by atoms with E-state index in [1.807, 2.05) is 0 Å². The fourth-order valence-electron chi connectivity index (χ4n) is 3.60. The van der Waals surface area contributed by atoms with Crippen molar-refractivity contribution in [3.05, 3.63) is 34.6 Å². The number of fused-ring (bicyclic) bond motifs is 1. The lowest BCUT2D eigenvalue weighted by Gasteiger charge is -2.40. The largest absolute Gasteiger partial charge is 0.492 e. The molecule has 5 atom stereocenters. The molecule has 1 aromatic rings. The Morgan fingerprint density at radius 1 is 1.13 bits per heavy atom. The minimum atomic E-state index is -1.36. The minimum absolute atomic E-state index is 0.00432. The van der Waals surface area contributed by atoms with Crippen LogP contribution in [0, 0.1) is 5.92 Å². The maximum absolute atomic E-state index is 13.1. The monoisotopic (exact) mass is 434 g/mol. The summed E-state index contributed by atoms with van der Waals surface area (Å²) in [6.07, 6.45) is -4.11. The Labute approximate surface area is 179 Å². The minimum Gasteiger partial charge on any atom is -0.492 e. The Kier molecular flexibility index (Phi) is 6.35. The highest BCUT2D eigenvalue weighted by Crippen LogP contribution is 2.39. The predicted octanol–water partition coefficient (Wildman–Crippen LogP) is 0.931. The number of amides is 1. The summed E-state index contributed by atoms with van der Waals surface area (Å²) in [5, 5.41) is 20.7. The number of hydrazine groups is 1. The highest BCUT2D eigenvalue weighted by molar-refractivity contribution is 6.28. The van der Waals surface area contributed by atoms with E-state index in [-0.39, 0.29) is 39.8 Å². The molecule has 0 saturated carbocycles. The molecule has 1 heterocycles. The van der Waals surface area contributed by atoms with Crippen LogP contribution in [0.2, 0.25) is 0 Å². The van der Waals surface area contributed by atoms with Crippen molar-refractivity contribution >= 4 is 23.2 Å². The number of allylic oxidation sites excluding steroid dienone is 2. The standard InChI is InChI=1S/C21H26N2O8/c1-8-10(3)30-21(19(28)17(8)26)31-13-7-6-12-14(15(13)23-22-11(4)24)18(27)20(29-5)9(2)16(12)25/h6-8,10,17,19,21,23,26,28H,1-5H3,(H,22,24). The molecular weight excluding hydrogens is 408 g/mol. The molecule has 1 aliphatic carbocycles. The number of hydrogen-bond donors (Lipinski definition) is 4. The molecule has 1 amide bonds. The Hall–Kier alpha value is -2.95. The number of carbonyl (C=O) groups excluding carboxylic acids is 3. The number of aliphatic hydroxyl groups excluding tert-OH is 2. The summed E-state index contributed by atoms with van der Waals surface area (Å²) in [4.78, 5) is 37.3. The molecule has 1 saturated heterocycles. The Balaban J connectivity index is 2.07. The smallest absolute Gasteiger partial charge is 0.235 e. The number of anilines is 1. The Bertz CT molecular complexity index is 957. The molecule has 0 spiro atoms. The second-order valence-electron chi connectivity index (χ2n) is 7.65. The molecule has 5 unspecified atom stereocenters. The molecule has 4 N–H and O–H groups in total. The van der Waals surface area contributed by atoms with Gasteiger partial charge in [0.05, 0.1) is 24.9 Å². The molecule has 168 valence electrons. The van der Waals surface area contributed by atoms with Crippen LogP contribution >= 0.6 is 0 Å². The summed E-state index contributed by atoms with van der Waals surface area (Å²) in [5.41, 5.74) is 5.20. The average molecular weight is 434 g/mol. The Morgan fingerprint density at radius 2 is 1.81 bits per heavy atom. The molecule has 31 heavy (non-hydrogen) atoms. The molecule has 1 fully saturated rings. The van der Waals surface area contributed by atoms with E-state index in [2.05, 4.69) is 10.9 Å². The fourth-order valence-corrected chi connectivity index (χ4v) is 3.60. The first kappa shape index (κ1) is 22.7. The zero-order chi connectivity index (χ0) is 23.0. The van der Waals surface area contributed by atoms with Crippen LogP contribution in [0.5, 0.6) is 5.75 Å². The van der Waals surface area contributed by atoms with E-state index in [0.29, 0.717) is 0 Å². The Morgan fingerprint density at radius 3 is 2.42 bits per heavy atom. The van der Waals surface area contributed by atoms with Crippen LogP contribution in [-0.4, -0.2) is 59.4 Å². The lowest BCUT2D eigenvalue weighted by atomic mass is 9.87. The summed E-state index contributed by atoms with van der Waals surface area (Å²) >= 11 is 0. The number of rotatable bonds is 5. The van der Waals surface area contributed by atoms with Crippen LogP contribution in [0.4, 0.5) is 5.69 Å². The van der Waals surface area contributed by atoms with Crippen LogP contribution in [0.15, 0.2) is 23.5 Å². The molecule has 10 nitrogen and oxygen atoms in total. The first-order valence-corrected chi connectivity index (χ1v) is 9.80. The van der Waals surface area contributed by atoms with Gasteiger partial charge in [0.25, 0.3) is 0 Å². The first-order valence-electron chi connectivity index (χ1n) is 9.80. The third-order valence-corrected chi connectivity index (χ3v) is 5.59. The van der Waals surface area contributed by atoms with Crippen molar-refractivity contribution in [2.24, 2.45) is 5.92 Å². The van der Waals surface area contributed by atoms with Crippen molar-refractivity contribution in [1.29, 1.82) is 0 Å². The van der Waals surface area contributed by atoms with E-state index in [4.69, 9.17) is 14.2 Å². The zero-order valence-corrected chi connectivity index (χ0v) is 17.9. The van der Waals surface area contributed by atoms with E-state index < -0.39 is 42.1 Å². The third-order valence-electron chi connectivity index (χ3n) is 5.59. The van der Waals surface area contributed by atoms with Gasteiger partial charge < -0.3 is 24.4 Å². The van der Waals surface area contributed by atoms with E-state index in [1.165, 1.54) is 33.1 Å². The lowest BCUT2D eigenvalue weighted by Crippen LogP contribution is -2.54. The van der Waals surface area contributed by atoms with Crippen molar-refractivity contribution in [1.82, 2.24) is 5.43 Å². The molecule has 1 aromatic carbocycles. The van der Waals surface area contributed by atoms with Gasteiger partial charge in [0.2, 0.25) is 18.0 Å². The van der Waals surface area contributed by atoms with Gasteiger partial charge in [-0.25, -0.2) is 0 Å². The van der Waals surface area contributed by atoms with Gasteiger partial charge in [-0.3, -0.25) is 25.2 Å². The second kappa shape index (κ2) is 8.66. The molecule has 10 heteroatoms. The van der Waals surface area contributed by atoms with Gasteiger partial charge in [-0.15, -0.1) is 0 Å². The van der Waals surface area contributed by atoms with Gasteiger partial charge in [0, 0.05) is 24.0 Å². The van der Waals surface area contributed by atoms with E-state index in [0.717, 1.165) is 0 Å². The van der Waals surface area contributed by atoms with Crippen LogP contribution < -0.4 is 15.6 Å². The molecular formula is C21H26N2O8. The van der Waals surface area contributed by atoms with Crippen LogP contribution in [0.25, 0.3) is 0 Å². The van der Waals surface area contributed by atoms with Gasteiger partial charge in [0.1, 0.15) is 17.5 Å². The predicted molar refractivity (Wildman–Crippen MR) is 108 cm³/mol. The average Bonchev–Trinajstić information content (AvgIpc) is 2.73. The number of carbonyl (C=O) groups is 3. The first-order chi connectivity index (χ1) is 14.6. The summed E-state index contributed by atoms with van der Waals surface area (Å²) in [5.74, 6) is -1.85. The highest BCUT2D eigenvalue weighted by Gasteiger charge is 2.42. The summed E-state index contributed by atoms with van der Waals surface area (Å²) in [6, 6.07) is 2.84. The van der Waals surface area contributed by atoms with E-state index in [1.54, 1.807) is 13.8 Å². The van der Waals surface area contributed by atoms with Crippen molar-refractivity contribution < 1.29 is 38.8 Å². The van der Waals surface area contributed by atoms with Crippen LogP contribution in [0.3, 0.4) is 0 Å². The maximum atomic E-state index is 13.1. The number of benzene rings is 1. The van der Waals surface area contributed by atoms with Gasteiger partial charge in [-0.2, -0.15) is 0 Å². The zero-order valence-electron chi connectivity index (χ0n) is 17.9. The van der Waals surface area contributed by atoms with Crippen molar-refractivity contribution in [2.45, 2.75) is 52.3 Å². The number of ketones is 2. The SMILES string of the molecule is COC1=C(C)C(=O)c2ccc(OC3OC(C)C(C)C(O)C3O)c(NNC(C)=O)c2C1=O. The molecule has 2 aliphatic rings. The van der Waals surface area contributed by atoms with Gasteiger partial charge in [-0.1, -0.05) is 6.92 Å². The number of aliphatic hydroxyl groups is 2. The number of nitrogens with one attached hydrogen (secondary N) is 2. The number of hydrogen-bond acceptors (Lipinski definition) is 9. The summed E-state index contributed by atoms with van der Waals surface area (Å²) in [6.45, 7) is 6.22. The number of ether oxygens (including phenoxy) is 3. The topological polar surface area (TPSA) is 143 Å². The molecule has 0 radical (unpaired) electrons. The molecule has 3 rings (SSSR count). The van der Waals surface area contributed by atoms with E-state index >= 15 is 0 Å². The fraction of sp³-hybridized carbons (Fsp3) is 0.476. The van der Waals surface area contributed by atoms with Gasteiger partial charge in [-0.05, 0) is 26.0 Å². The van der Waals surface area contributed by atoms with Crippen molar-refractivity contribution in [3.63, 3.8) is 0 Å². The van der Waals surface area contributed by atoms with Crippen LogP contribution in [-0.2, 0) is 14.3 Å². The molecule has 1 aliphatic heterocycles. The molecule has 0 aromatic heterocycles. The van der Waals surface area contributed by atoms with Crippen molar-refractivity contribution in [2.75, 3.05) is 12.5 Å². The maximum Gasteiger partial charge on any atom is 0.235 e. The normalized spacial score (nSPS) is 28.2. The summed E-state index contributed by atoms with van der Waals surface area (Å²) < 4.78 is 16.6. The lowest BCUT2D eigenvalue weighted by molar-refractivity contribution is -0.251. The van der Waals surface area contributed by atoms with Gasteiger partial charge in [0.15, 0.2) is 11.5 Å². The summed E-state index contributed by atoms with van der Waals surface area (Å²) in [7, 11) is 1.28. The van der Waals surface area contributed by atoms with Gasteiger partial charge >= 0.3 is 0 Å². The number of methoxy groups -OCH3 is 1. The van der Waals surface area contributed by atoms with Crippen molar-refractivity contribution in [3.8, 4) is 5.75 Å². The third kappa shape index (κ3) is 4.01.